The van der Waals surface area contributed by atoms with Gasteiger partial charge in [-0.25, -0.2) is 0 Å². The molecule has 0 atom stereocenters. The predicted molar refractivity (Wildman–Crippen MR) is 120 cm³/mol. The number of rotatable bonds is 8. The molecule has 5 nitrogen and oxygen atoms in total. The summed E-state index contributed by atoms with van der Waals surface area (Å²) in [5, 5.41) is 21.5. The van der Waals surface area contributed by atoms with Crippen molar-refractivity contribution in [1.29, 1.82) is 0 Å². The van der Waals surface area contributed by atoms with Crippen molar-refractivity contribution in [2.75, 3.05) is 25.4 Å². The number of aliphatic hydroxyl groups excluding tert-OH is 1. The molecule has 29 heavy (non-hydrogen) atoms. The SMILES string of the molecule is CC(C)(C)c1ccc(-c2nnc(SCC[NH2+]CCO)n2-c2ccc(Cl)cc2)cc1. The molecule has 2 aromatic carbocycles. The van der Waals surface area contributed by atoms with Crippen LogP contribution in [0.5, 0.6) is 0 Å². The van der Waals surface area contributed by atoms with Crippen molar-refractivity contribution in [3.05, 3.63) is 59.1 Å². The van der Waals surface area contributed by atoms with Gasteiger partial charge in [-0.2, -0.15) is 0 Å². The summed E-state index contributed by atoms with van der Waals surface area (Å²) >= 11 is 7.75. The van der Waals surface area contributed by atoms with Crippen LogP contribution in [0.2, 0.25) is 5.02 Å². The van der Waals surface area contributed by atoms with E-state index in [1.807, 2.05) is 24.3 Å². The summed E-state index contributed by atoms with van der Waals surface area (Å²) < 4.78 is 2.08. The summed E-state index contributed by atoms with van der Waals surface area (Å²) in [4.78, 5) is 0. The minimum Gasteiger partial charge on any atom is -0.391 e. The number of aliphatic hydroxyl groups is 1. The molecule has 0 unspecified atom stereocenters. The highest BCUT2D eigenvalue weighted by atomic mass is 35.5. The molecule has 0 aliphatic rings. The molecule has 1 heterocycles. The lowest BCUT2D eigenvalue weighted by molar-refractivity contribution is -0.651. The number of aromatic nitrogens is 3. The van der Waals surface area contributed by atoms with E-state index < -0.39 is 0 Å². The molecular formula is C22H28ClN4OS+. The molecular weight excluding hydrogens is 404 g/mol. The van der Waals surface area contributed by atoms with Crippen LogP contribution in [-0.2, 0) is 5.41 Å². The van der Waals surface area contributed by atoms with E-state index in [0.29, 0.717) is 5.02 Å². The van der Waals surface area contributed by atoms with E-state index in [4.69, 9.17) is 16.7 Å². The highest BCUT2D eigenvalue weighted by Crippen LogP contribution is 2.30. The van der Waals surface area contributed by atoms with Gasteiger partial charge in [-0.15, -0.1) is 10.2 Å². The van der Waals surface area contributed by atoms with Gasteiger partial charge in [0, 0.05) is 16.3 Å². The van der Waals surface area contributed by atoms with Crippen molar-refractivity contribution in [2.45, 2.75) is 31.3 Å². The number of nitrogens with zero attached hydrogens (tertiary/aromatic N) is 3. The lowest BCUT2D eigenvalue weighted by Crippen LogP contribution is -2.85. The summed E-state index contributed by atoms with van der Waals surface area (Å²) in [6.45, 7) is 8.45. The zero-order valence-electron chi connectivity index (χ0n) is 17.1. The summed E-state index contributed by atoms with van der Waals surface area (Å²) in [5.74, 6) is 1.70. The second kappa shape index (κ2) is 9.76. The Morgan fingerprint density at radius 3 is 2.31 bits per heavy atom. The third kappa shape index (κ3) is 5.60. The number of halogens is 1. The minimum atomic E-state index is 0.106. The third-order valence-corrected chi connectivity index (χ3v) is 5.83. The Balaban J connectivity index is 1.93. The van der Waals surface area contributed by atoms with Crippen molar-refractivity contribution in [3.63, 3.8) is 0 Å². The average molecular weight is 432 g/mol. The molecule has 3 N–H and O–H groups in total. The molecule has 0 fully saturated rings. The number of thioether (sulfide) groups is 1. The topological polar surface area (TPSA) is 67.6 Å². The second-order valence-electron chi connectivity index (χ2n) is 7.88. The van der Waals surface area contributed by atoms with E-state index in [2.05, 4.69) is 65.1 Å². The van der Waals surface area contributed by atoms with Crippen molar-refractivity contribution < 1.29 is 10.4 Å². The molecule has 154 valence electrons. The number of hydrogen-bond acceptors (Lipinski definition) is 4. The van der Waals surface area contributed by atoms with Gasteiger partial charge in [0.2, 0.25) is 0 Å². The summed E-state index contributed by atoms with van der Waals surface area (Å²) in [6, 6.07) is 16.3. The van der Waals surface area contributed by atoms with Gasteiger partial charge in [0.25, 0.3) is 0 Å². The highest BCUT2D eigenvalue weighted by Gasteiger charge is 2.18. The molecule has 0 spiro atoms. The first-order valence-electron chi connectivity index (χ1n) is 9.78. The maximum atomic E-state index is 8.92. The molecule has 0 saturated heterocycles. The number of quaternary nitrogens is 1. The fraction of sp³-hybridized carbons (Fsp3) is 0.364. The smallest absolute Gasteiger partial charge is 0.196 e. The van der Waals surface area contributed by atoms with Crippen LogP contribution in [-0.4, -0.2) is 45.3 Å². The molecule has 0 saturated carbocycles. The van der Waals surface area contributed by atoms with Crippen molar-refractivity contribution in [1.82, 2.24) is 14.8 Å². The first kappa shape index (κ1) is 21.8. The van der Waals surface area contributed by atoms with Gasteiger partial charge in [0.1, 0.15) is 0 Å². The van der Waals surface area contributed by atoms with Gasteiger partial charge in [-0.05, 0) is 35.2 Å². The van der Waals surface area contributed by atoms with Gasteiger partial charge in [-0.3, -0.25) is 4.57 Å². The molecule has 1 aromatic heterocycles. The molecule has 0 amide bonds. The van der Waals surface area contributed by atoms with Crippen molar-refractivity contribution in [2.24, 2.45) is 0 Å². The Labute approximate surface area is 181 Å². The van der Waals surface area contributed by atoms with E-state index in [9.17, 15) is 0 Å². The Hall–Kier alpha value is -1.86. The fourth-order valence-electron chi connectivity index (χ4n) is 2.96. The maximum Gasteiger partial charge on any atom is 0.196 e. The molecule has 3 aromatic rings. The molecule has 0 radical (unpaired) electrons. The maximum absolute atomic E-state index is 8.92. The van der Waals surface area contributed by atoms with E-state index >= 15 is 0 Å². The van der Waals surface area contributed by atoms with Crippen LogP contribution in [0.15, 0.2) is 53.7 Å². The van der Waals surface area contributed by atoms with Gasteiger partial charge < -0.3 is 10.4 Å². The van der Waals surface area contributed by atoms with Gasteiger partial charge in [-0.1, -0.05) is 68.4 Å². The van der Waals surface area contributed by atoms with Crippen molar-refractivity contribution >= 4 is 23.4 Å². The molecule has 7 heteroatoms. The van der Waals surface area contributed by atoms with Crippen LogP contribution >= 0.6 is 23.4 Å². The van der Waals surface area contributed by atoms with E-state index in [0.717, 1.165) is 41.1 Å². The largest absolute Gasteiger partial charge is 0.391 e. The molecule has 0 aliphatic heterocycles. The Morgan fingerprint density at radius 1 is 1.00 bits per heavy atom. The first-order chi connectivity index (χ1) is 13.9. The van der Waals surface area contributed by atoms with E-state index in [-0.39, 0.29) is 12.0 Å². The molecule has 3 rings (SSSR count). The molecule has 0 bridgehead atoms. The number of hydrogen-bond donors (Lipinski definition) is 2. The fourth-order valence-corrected chi connectivity index (χ4v) is 3.97. The zero-order chi connectivity index (χ0) is 20.9. The Bertz CT molecular complexity index is 917. The Morgan fingerprint density at radius 2 is 1.69 bits per heavy atom. The van der Waals surface area contributed by atoms with Crippen LogP contribution < -0.4 is 5.32 Å². The Kier molecular flexibility index (Phi) is 7.35. The minimum absolute atomic E-state index is 0.106. The van der Waals surface area contributed by atoms with E-state index in [1.54, 1.807) is 11.8 Å². The number of nitrogens with two attached hydrogens (primary N) is 1. The highest BCUT2D eigenvalue weighted by molar-refractivity contribution is 7.99. The normalized spacial score (nSPS) is 11.8. The number of benzene rings is 2. The summed E-state index contributed by atoms with van der Waals surface area (Å²) in [6.07, 6.45) is 0. The summed E-state index contributed by atoms with van der Waals surface area (Å²) in [7, 11) is 0. The average Bonchev–Trinajstić information content (AvgIpc) is 3.12. The first-order valence-corrected chi connectivity index (χ1v) is 11.1. The standard InChI is InChI=1S/C22H27ClN4OS/c1-22(2,3)17-6-4-16(5-7-17)20-25-26-21(29-15-13-24-12-14-28)27(20)19-10-8-18(23)9-11-19/h4-11,24,28H,12-15H2,1-3H3/p+1. The van der Waals surface area contributed by atoms with Gasteiger partial charge >= 0.3 is 0 Å². The van der Waals surface area contributed by atoms with Gasteiger partial charge in [0.15, 0.2) is 11.0 Å². The lowest BCUT2D eigenvalue weighted by atomic mass is 9.87. The van der Waals surface area contributed by atoms with Crippen LogP contribution in [0.25, 0.3) is 17.1 Å². The quantitative estimate of drug-likeness (QED) is 0.423. The zero-order valence-corrected chi connectivity index (χ0v) is 18.7. The van der Waals surface area contributed by atoms with Crippen LogP contribution in [0.1, 0.15) is 26.3 Å². The van der Waals surface area contributed by atoms with Crippen molar-refractivity contribution in [3.8, 4) is 17.1 Å². The van der Waals surface area contributed by atoms with Crippen LogP contribution in [0.3, 0.4) is 0 Å². The third-order valence-electron chi connectivity index (χ3n) is 4.61. The molecule has 0 aliphatic carbocycles. The second-order valence-corrected chi connectivity index (χ2v) is 9.38. The van der Waals surface area contributed by atoms with Crippen LogP contribution in [0, 0.1) is 0 Å². The summed E-state index contributed by atoms with van der Waals surface area (Å²) in [5.41, 5.74) is 3.40. The monoisotopic (exact) mass is 431 g/mol. The van der Waals surface area contributed by atoms with Crippen LogP contribution in [0.4, 0.5) is 0 Å². The predicted octanol–water partition coefficient (Wildman–Crippen LogP) is 3.53. The lowest BCUT2D eigenvalue weighted by Gasteiger charge is -2.19. The van der Waals surface area contributed by atoms with Gasteiger partial charge in [0.05, 0.1) is 25.4 Å². The van der Waals surface area contributed by atoms with E-state index in [1.165, 1.54) is 5.56 Å².